The molecule has 2 aromatic heterocycles. The summed E-state index contributed by atoms with van der Waals surface area (Å²) in [7, 11) is 0. The second kappa shape index (κ2) is 4.58. The van der Waals surface area contributed by atoms with E-state index in [4.69, 9.17) is 21.9 Å². The molecule has 0 unspecified atom stereocenters. The van der Waals surface area contributed by atoms with Crippen LogP contribution in [-0.2, 0) is 4.74 Å². The molecule has 9 heteroatoms. The van der Waals surface area contributed by atoms with Crippen molar-refractivity contribution >= 4 is 27.4 Å². The fraction of sp³-hybridized carbons (Fsp3) is 0.455. The Morgan fingerprint density at radius 2 is 2.20 bits per heavy atom. The molecule has 0 aliphatic carbocycles. The second-order valence-corrected chi connectivity index (χ2v) is 5.68. The number of nitrogen functional groups attached to an aromatic ring is 1. The largest absolute Gasteiger partial charge is 0.392 e. The number of aromatic nitrogens is 2. The zero-order valence-electron chi connectivity index (χ0n) is 10.4. The fourth-order valence-electron chi connectivity index (χ4n) is 2.37. The lowest BCUT2D eigenvalue weighted by molar-refractivity contribution is -0.108. The first-order valence-electron chi connectivity index (χ1n) is 5.96. The standard InChI is InChI=1S/C11H15N5O3S/c12-5-7(19-11(14,2-17)9(5)18)4-1-20-8-6(4)15-3-16-10(8)13/h1,3,5,7,9,17-18H,2,12,14H2,(H2,13,15,16)/t5-,7-,9-,11+/m0/s1. The third-order valence-corrected chi connectivity index (χ3v) is 4.53. The molecule has 4 atom stereocenters. The van der Waals surface area contributed by atoms with E-state index in [1.807, 2.05) is 0 Å². The third kappa shape index (κ3) is 1.79. The minimum absolute atomic E-state index is 0.375. The first-order valence-corrected chi connectivity index (χ1v) is 6.84. The van der Waals surface area contributed by atoms with Gasteiger partial charge < -0.3 is 26.4 Å². The van der Waals surface area contributed by atoms with Crippen molar-refractivity contribution in [2.45, 2.75) is 24.0 Å². The van der Waals surface area contributed by atoms with E-state index in [-0.39, 0.29) is 0 Å². The number of thiophene rings is 1. The maximum Gasteiger partial charge on any atom is 0.168 e. The number of anilines is 1. The minimum Gasteiger partial charge on any atom is -0.392 e. The molecule has 3 rings (SSSR count). The molecule has 1 aliphatic heterocycles. The molecule has 8 N–H and O–H groups in total. The zero-order valence-corrected chi connectivity index (χ0v) is 11.2. The zero-order chi connectivity index (χ0) is 14.5. The van der Waals surface area contributed by atoms with E-state index in [2.05, 4.69) is 9.97 Å². The van der Waals surface area contributed by atoms with Gasteiger partial charge in [-0.25, -0.2) is 9.97 Å². The van der Waals surface area contributed by atoms with Crippen molar-refractivity contribution in [1.82, 2.24) is 9.97 Å². The number of nitrogens with two attached hydrogens (primary N) is 3. The van der Waals surface area contributed by atoms with Gasteiger partial charge in [0.25, 0.3) is 0 Å². The predicted molar refractivity (Wildman–Crippen MR) is 73.6 cm³/mol. The van der Waals surface area contributed by atoms with Crippen LogP contribution in [0.25, 0.3) is 10.2 Å². The van der Waals surface area contributed by atoms with Crippen molar-refractivity contribution in [3.63, 3.8) is 0 Å². The highest BCUT2D eigenvalue weighted by Crippen LogP contribution is 2.41. The highest BCUT2D eigenvalue weighted by molar-refractivity contribution is 7.17. The molecule has 0 radical (unpaired) electrons. The second-order valence-electron chi connectivity index (χ2n) is 4.80. The van der Waals surface area contributed by atoms with E-state index in [0.29, 0.717) is 16.9 Å². The first kappa shape index (κ1) is 13.6. The van der Waals surface area contributed by atoms with Crippen LogP contribution in [0.1, 0.15) is 11.7 Å². The smallest absolute Gasteiger partial charge is 0.168 e. The third-order valence-electron chi connectivity index (χ3n) is 3.52. The highest BCUT2D eigenvalue weighted by atomic mass is 32.1. The molecule has 0 amide bonds. The van der Waals surface area contributed by atoms with E-state index < -0.39 is 30.6 Å². The van der Waals surface area contributed by atoms with Crippen LogP contribution < -0.4 is 17.2 Å². The fourth-order valence-corrected chi connectivity index (χ4v) is 3.31. The normalized spacial score (nSPS) is 33.9. The summed E-state index contributed by atoms with van der Waals surface area (Å²) in [6, 6.07) is -0.763. The molecule has 20 heavy (non-hydrogen) atoms. The molecular formula is C11H15N5O3S. The molecule has 1 saturated heterocycles. The summed E-state index contributed by atoms with van der Waals surface area (Å²) in [5.74, 6) is 0.375. The van der Waals surface area contributed by atoms with E-state index in [1.165, 1.54) is 17.7 Å². The maximum absolute atomic E-state index is 10.0. The van der Waals surface area contributed by atoms with Gasteiger partial charge in [-0.2, -0.15) is 0 Å². The molecule has 1 aliphatic rings. The molecule has 1 fully saturated rings. The van der Waals surface area contributed by atoms with Crippen molar-refractivity contribution in [3.8, 4) is 0 Å². The SMILES string of the molecule is Nc1ncnc2c([C@@H]3O[C@](N)(CO)[C@@H](O)[C@H]3N)csc12. The van der Waals surface area contributed by atoms with Crippen LogP contribution in [0, 0.1) is 0 Å². The molecule has 0 aromatic carbocycles. The Morgan fingerprint density at radius 1 is 1.45 bits per heavy atom. The maximum atomic E-state index is 10.0. The van der Waals surface area contributed by atoms with Crippen LogP contribution in [0.3, 0.4) is 0 Å². The van der Waals surface area contributed by atoms with Crippen LogP contribution in [0.15, 0.2) is 11.7 Å². The summed E-state index contributed by atoms with van der Waals surface area (Å²) in [6.07, 6.45) is -0.483. The highest BCUT2D eigenvalue weighted by Gasteiger charge is 2.51. The quantitative estimate of drug-likeness (QED) is 0.457. The summed E-state index contributed by atoms with van der Waals surface area (Å²) in [5.41, 5.74) is 17.3. The number of ether oxygens (including phenoxy) is 1. The lowest BCUT2D eigenvalue weighted by atomic mass is 9.99. The molecule has 8 nitrogen and oxygen atoms in total. The van der Waals surface area contributed by atoms with E-state index in [0.717, 1.165) is 4.70 Å². The van der Waals surface area contributed by atoms with Gasteiger partial charge in [0.15, 0.2) is 5.72 Å². The monoisotopic (exact) mass is 297 g/mol. The first-order chi connectivity index (χ1) is 9.48. The summed E-state index contributed by atoms with van der Waals surface area (Å²) < 4.78 is 6.30. The van der Waals surface area contributed by atoms with Crippen molar-refractivity contribution in [2.24, 2.45) is 11.5 Å². The Morgan fingerprint density at radius 3 is 2.85 bits per heavy atom. The molecule has 0 saturated carbocycles. The molecule has 3 heterocycles. The Hall–Kier alpha value is -1.36. The number of rotatable bonds is 2. The lowest BCUT2D eigenvalue weighted by Crippen LogP contribution is -2.55. The van der Waals surface area contributed by atoms with Gasteiger partial charge in [0.2, 0.25) is 0 Å². The van der Waals surface area contributed by atoms with Crippen LogP contribution in [0.4, 0.5) is 5.82 Å². The van der Waals surface area contributed by atoms with E-state index >= 15 is 0 Å². The molecule has 108 valence electrons. The number of nitrogens with zero attached hydrogens (tertiary/aromatic N) is 2. The lowest BCUT2D eigenvalue weighted by Gasteiger charge is -2.24. The Balaban J connectivity index is 2.06. The summed E-state index contributed by atoms with van der Waals surface area (Å²) in [6.45, 7) is -0.530. The Labute approximate surface area is 118 Å². The van der Waals surface area contributed by atoms with Crippen LogP contribution in [0.5, 0.6) is 0 Å². The van der Waals surface area contributed by atoms with Crippen LogP contribution in [0.2, 0.25) is 0 Å². The van der Waals surface area contributed by atoms with Gasteiger partial charge in [-0.1, -0.05) is 0 Å². The molecule has 0 spiro atoms. The van der Waals surface area contributed by atoms with Gasteiger partial charge in [-0.05, 0) is 5.38 Å². The number of aliphatic hydroxyl groups is 2. The van der Waals surface area contributed by atoms with Crippen molar-refractivity contribution in [3.05, 3.63) is 17.3 Å². The number of aliphatic hydroxyl groups excluding tert-OH is 2. The van der Waals surface area contributed by atoms with Gasteiger partial charge in [-0.3, -0.25) is 5.73 Å². The van der Waals surface area contributed by atoms with Gasteiger partial charge in [0, 0.05) is 5.56 Å². The van der Waals surface area contributed by atoms with Gasteiger partial charge in [-0.15, -0.1) is 11.3 Å². The van der Waals surface area contributed by atoms with Gasteiger partial charge in [0.1, 0.15) is 24.4 Å². The Kier molecular flexibility index (Phi) is 3.12. The average Bonchev–Trinajstić information content (AvgIpc) is 2.96. The van der Waals surface area contributed by atoms with E-state index in [9.17, 15) is 10.2 Å². The summed E-state index contributed by atoms with van der Waals surface area (Å²) in [4.78, 5) is 8.10. The average molecular weight is 297 g/mol. The number of hydrogen-bond acceptors (Lipinski definition) is 9. The van der Waals surface area contributed by atoms with Crippen molar-refractivity contribution in [2.75, 3.05) is 12.3 Å². The molecular weight excluding hydrogens is 282 g/mol. The number of fused-ring (bicyclic) bond motifs is 1. The predicted octanol–water partition coefficient (Wildman–Crippen LogP) is -1.32. The number of hydrogen-bond donors (Lipinski definition) is 5. The topological polar surface area (TPSA) is 154 Å². The van der Waals surface area contributed by atoms with Crippen LogP contribution >= 0.6 is 11.3 Å². The van der Waals surface area contributed by atoms with E-state index in [1.54, 1.807) is 5.38 Å². The van der Waals surface area contributed by atoms with Gasteiger partial charge >= 0.3 is 0 Å². The van der Waals surface area contributed by atoms with Crippen LogP contribution in [-0.4, -0.2) is 44.7 Å². The molecule has 2 aromatic rings. The van der Waals surface area contributed by atoms with Gasteiger partial charge in [0.05, 0.1) is 22.9 Å². The van der Waals surface area contributed by atoms with Crippen molar-refractivity contribution in [1.29, 1.82) is 0 Å². The molecule has 0 bridgehead atoms. The van der Waals surface area contributed by atoms with Crippen molar-refractivity contribution < 1.29 is 14.9 Å². The Bertz CT molecular complexity index is 650. The summed E-state index contributed by atoms with van der Waals surface area (Å²) in [5, 5.41) is 21.1. The minimum atomic E-state index is -1.57. The summed E-state index contributed by atoms with van der Waals surface area (Å²) >= 11 is 1.37.